The average Bonchev–Trinajstić information content (AvgIpc) is 3.31. The third-order valence-electron chi connectivity index (χ3n) is 3.96. The number of carbonyl (C=O) groups excluding carboxylic acids is 1. The van der Waals surface area contributed by atoms with Crippen LogP contribution in [0.4, 0.5) is 4.39 Å². The van der Waals surface area contributed by atoms with E-state index in [4.69, 9.17) is 16.3 Å². The number of benzene rings is 1. The Bertz CT molecular complexity index is 939. The molecule has 0 aliphatic heterocycles. The minimum absolute atomic E-state index is 0.0169. The van der Waals surface area contributed by atoms with Gasteiger partial charge in [-0.05, 0) is 31.2 Å². The summed E-state index contributed by atoms with van der Waals surface area (Å²) in [6.07, 6.45) is 3.35. The molecule has 1 aromatic carbocycles. The summed E-state index contributed by atoms with van der Waals surface area (Å²) in [5, 5.41) is 8.41. The summed E-state index contributed by atoms with van der Waals surface area (Å²) in [6.45, 7) is 3.24. The van der Waals surface area contributed by atoms with Crippen LogP contribution < -0.4 is 4.74 Å². The van der Waals surface area contributed by atoms with Crippen LogP contribution in [0.3, 0.4) is 0 Å². The van der Waals surface area contributed by atoms with E-state index in [-0.39, 0.29) is 17.7 Å². The third kappa shape index (κ3) is 4.46. The lowest BCUT2D eigenvalue weighted by molar-refractivity contribution is 0.0773. The summed E-state index contributed by atoms with van der Waals surface area (Å²) in [7, 11) is 1.71. The van der Waals surface area contributed by atoms with Gasteiger partial charge in [-0.1, -0.05) is 11.6 Å². The molecule has 0 atom stereocenters. The van der Waals surface area contributed by atoms with Crippen molar-refractivity contribution < 1.29 is 13.9 Å². The van der Waals surface area contributed by atoms with E-state index < -0.39 is 5.82 Å². The second-order valence-corrected chi connectivity index (χ2v) is 6.30. The average molecular weight is 392 g/mol. The Morgan fingerprint density at radius 3 is 2.89 bits per heavy atom. The zero-order valence-electron chi connectivity index (χ0n) is 15.0. The second-order valence-electron chi connectivity index (χ2n) is 5.89. The molecule has 0 saturated heterocycles. The van der Waals surface area contributed by atoms with E-state index in [1.165, 1.54) is 22.9 Å². The van der Waals surface area contributed by atoms with Crippen molar-refractivity contribution in [2.24, 2.45) is 0 Å². The van der Waals surface area contributed by atoms with Crippen LogP contribution in [0.15, 0.2) is 42.7 Å². The van der Waals surface area contributed by atoms with Gasteiger partial charge in [0.2, 0.25) is 0 Å². The van der Waals surface area contributed by atoms with Gasteiger partial charge in [0.05, 0.1) is 17.3 Å². The van der Waals surface area contributed by atoms with E-state index in [1.54, 1.807) is 30.4 Å². The van der Waals surface area contributed by atoms with E-state index in [1.807, 2.05) is 17.7 Å². The normalized spacial score (nSPS) is 10.8. The Morgan fingerprint density at radius 2 is 2.15 bits per heavy atom. The van der Waals surface area contributed by atoms with Crippen molar-refractivity contribution in [3.05, 3.63) is 65.0 Å². The fraction of sp³-hybridized carbons (Fsp3) is 0.278. The Balaban J connectivity index is 1.60. The predicted molar refractivity (Wildman–Crippen MR) is 98.0 cm³/mol. The molecule has 142 valence electrons. The van der Waals surface area contributed by atoms with Crippen molar-refractivity contribution in [2.45, 2.75) is 26.7 Å². The molecular formula is C18H19ClFN5O2. The molecule has 7 nitrogen and oxygen atoms in total. The van der Waals surface area contributed by atoms with Crippen molar-refractivity contribution in [3.8, 4) is 5.75 Å². The van der Waals surface area contributed by atoms with Crippen molar-refractivity contribution in [3.63, 3.8) is 0 Å². The Labute approximate surface area is 160 Å². The van der Waals surface area contributed by atoms with E-state index in [0.29, 0.717) is 18.0 Å². The summed E-state index contributed by atoms with van der Waals surface area (Å²) in [5.41, 5.74) is 1.25. The summed E-state index contributed by atoms with van der Waals surface area (Å²) in [4.78, 5) is 14.1. The van der Waals surface area contributed by atoms with Gasteiger partial charge in [0.1, 0.15) is 11.6 Å². The van der Waals surface area contributed by atoms with E-state index >= 15 is 0 Å². The first kappa shape index (κ1) is 18.9. The van der Waals surface area contributed by atoms with Crippen molar-refractivity contribution in [1.29, 1.82) is 0 Å². The molecule has 3 rings (SSSR count). The number of carbonyl (C=O) groups is 1. The molecule has 0 spiro atoms. The minimum atomic E-state index is -0.511. The van der Waals surface area contributed by atoms with Crippen LogP contribution in [-0.4, -0.2) is 37.4 Å². The number of aryl methyl sites for hydroxylation is 1. The molecule has 3 aromatic rings. The molecular weight excluding hydrogens is 373 g/mol. The molecule has 0 unspecified atom stereocenters. The highest BCUT2D eigenvalue weighted by Gasteiger charge is 2.16. The zero-order valence-corrected chi connectivity index (χ0v) is 15.7. The molecule has 27 heavy (non-hydrogen) atoms. The van der Waals surface area contributed by atoms with Gasteiger partial charge in [0.25, 0.3) is 5.91 Å². The van der Waals surface area contributed by atoms with Gasteiger partial charge in [-0.3, -0.25) is 9.48 Å². The fourth-order valence-corrected chi connectivity index (χ4v) is 2.71. The third-order valence-corrected chi connectivity index (χ3v) is 4.25. The largest absolute Gasteiger partial charge is 0.471 e. The number of rotatable bonds is 7. The first-order valence-electron chi connectivity index (χ1n) is 8.35. The minimum Gasteiger partial charge on any atom is -0.471 e. The Kier molecular flexibility index (Phi) is 5.75. The number of ether oxygens (including phenoxy) is 1. The highest BCUT2D eigenvalue weighted by atomic mass is 35.5. The van der Waals surface area contributed by atoms with Crippen LogP contribution in [0.2, 0.25) is 5.02 Å². The van der Waals surface area contributed by atoms with Crippen LogP contribution in [0.25, 0.3) is 0 Å². The molecule has 0 saturated carbocycles. The number of halogens is 2. The number of hydrogen-bond donors (Lipinski definition) is 0. The molecule has 0 fully saturated rings. The van der Waals surface area contributed by atoms with Gasteiger partial charge >= 0.3 is 0 Å². The summed E-state index contributed by atoms with van der Waals surface area (Å²) < 4.78 is 22.0. The highest BCUT2D eigenvalue weighted by molar-refractivity contribution is 6.30. The number of amides is 1. The van der Waals surface area contributed by atoms with Crippen molar-refractivity contribution >= 4 is 17.5 Å². The molecule has 0 aliphatic carbocycles. The SMILES string of the molecule is CCn1nccc1CN(C)C(=O)c1ccn(COc2ccc(F)c(Cl)c2)n1. The number of hydrogen-bond acceptors (Lipinski definition) is 4. The first-order chi connectivity index (χ1) is 13.0. The molecule has 0 aliphatic rings. The lowest BCUT2D eigenvalue weighted by atomic mass is 10.3. The van der Waals surface area contributed by atoms with Gasteiger partial charge in [-0.2, -0.15) is 10.2 Å². The van der Waals surface area contributed by atoms with Crippen molar-refractivity contribution in [2.75, 3.05) is 7.05 Å². The maximum absolute atomic E-state index is 13.2. The first-order valence-corrected chi connectivity index (χ1v) is 8.73. The summed E-state index contributed by atoms with van der Waals surface area (Å²) >= 11 is 5.72. The molecule has 2 heterocycles. The second kappa shape index (κ2) is 8.22. The lowest BCUT2D eigenvalue weighted by Crippen LogP contribution is -2.28. The lowest BCUT2D eigenvalue weighted by Gasteiger charge is -2.16. The smallest absolute Gasteiger partial charge is 0.274 e. The fourth-order valence-electron chi connectivity index (χ4n) is 2.54. The van der Waals surface area contributed by atoms with Gasteiger partial charge in [0, 0.05) is 32.1 Å². The standard InChI is InChI=1S/C18H19ClFN5O2/c1-3-25-13(6-8-21-25)11-23(2)18(26)17-7-9-24(22-17)12-27-14-4-5-16(20)15(19)10-14/h4-10H,3,11-12H2,1-2H3. The van der Waals surface area contributed by atoms with Gasteiger partial charge in [-0.15, -0.1) is 0 Å². The maximum Gasteiger partial charge on any atom is 0.274 e. The van der Waals surface area contributed by atoms with E-state index in [2.05, 4.69) is 10.2 Å². The van der Waals surface area contributed by atoms with Crippen molar-refractivity contribution in [1.82, 2.24) is 24.5 Å². The molecule has 1 amide bonds. The Morgan fingerprint density at radius 1 is 1.33 bits per heavy atom. The quantitative estimate of drug-likeness (QED) is 0.620. The zero-order chi connectivity index (χ0) is 19.4. The highest BCUT2D eigenvalue weighted by Crippen LogP contribution is 2.21. The van der Waals surface area contributed by atoms with E-state index in [9.17, 15) is 9.18 Å². The van der Waals surface area contributed by atoms with Crippen LogP contribution in [0.1, 0.15) is 23.1 Å². The molecule has 0 N–H and O–H groups in total. The van der Waals surface area contributed by atoms with Crippen LogP contribution in [0, 0.1) is 5.82 Å². The monoisotopic (exact) mass is 391 g/mol. The topological polar surface area (TPSA) is 65.2 Å². The molecule has 0 bridgehead atoms. The summed E-state index contributed by atoms with van der Waals surface area (Å²) in [6, 6.07) is 7.59. The predicted octanol–water partition coefficient (Wildman–Crippen LogP) is 3.20. The van der Waals surface area contributed by atoms with Gasteiger partial charge < -0.3 is 9.64 Å². The Hall–Kier alpha value is -2.87. The number of nitrogens with zero attached hydrogens (tertiary/aromatic N) is 5. The van der Waals surface area contributed by atoms with E-state index in [0.717, 1.165) is 12.2 Å². The van der Waals surface area contributed by atoms with Gasteiger partial charge in [0.15, 0.2) is 12.4 Å². The molecule has 2 aromatic heterocycles. The van der Waals surface area contributed by atoms with Crippen LogP contribution in [0.5, 0.6) is 5.75 Å². The molecule has 9 heteroatoms. The van der Waals surface area contributed by atoms with Crippen LogP contribution in [-0.2, 0) is 19.8 Å². The molecule has 0 radical (unpaired) electrons. The maximum atomic E-state index is 13.2. The van der Waals surface area contributed by atoms with Crippen LogP contribution >= 0.6 is 11.6 Å². The summed E-state index contributed by atoms with van der Waals surface area (Å²) in [5.74, 6) is -0.305. The number of aromatic nitrogens is 4. The van der Waals surface area contributed by atoms with Gasteiger partial charge in [-0.25, -0.2) is 9.07 Å².